The molecule has 84 valence electrons. The lowest BCUT2D eigenvalue weighted by Crippen LogP contribution is -2.02. The van der Waals surface area contributed by atoms with Gasteiger partial charge in [0.15, 0.2) is 0 Å². The van der Waals surface area contributed by atoms with E-state index in [1.54, 1.807) is 12.1 Å². The zero-order valence-corrected chi connectivity index (χ0v) is 9.36. The largest absolute Gasteiger partial charge is 0.435 e. The number of hydrogen-bond acceptors (Lipinski definition) is 1. The van der Waals surface area contributed by atoms with Crippen LogP contribution in [0.15, 0.2) is 18.2 Å². The Hall–Kier alpha value is -0.540. The lowest BCUT2D eigenvalue weighted by atomic mass is 10.1. The van der Waals surface area contributed by atoms with E-state index in [9.17, 15) is 8.78 Å². The summed E-state index contributed by atoms with van der Waals surface area (Å²) in [5, 5.41) is 0.387. The first-order chi connectivity index (χ1) is 7.11. The first kappa shape index (κ1) is 12.5. The Labute approximate surface area is 96.9 Å². The minimum atomic E-state index is -2.83. The van der Waals surface area contributed by atoms with E-state index in [0.29, 0.717) is 17.3 Å². The highest BCUT2D eigenvalue weighted by Crippen LogP contribution is 2.23. The van der Waals surface area contributed by atoms with Gasteiger partial charge in [-0.05, 0) is 36.6 Å². The fourth-order valence-electron chi connectivity index (χ4n) is 1.21. The predicted octanol–water partition coefficient (Wildman–Crippen LogP) is 4.11. The van der Waals surface area contributed by atoms with Crippen molar-refractivity contribution < 1.29 is 13.5 Å². The molecule has 1 rings (SSSR count). The van der Waals surface area contributed by atoms with Crippen LogP contribution in [0.25, 0.3) is 0 Å². The lowest BCUT2D eigenvalue weighted by Gasteiger charge is -2.07. The van der Waals surface area contributed by atoms with Gasteiger partial charge in [0.25, 0.3) is 0 Å². The number of hydrogen-bond donors (Lipinski definition) is 0. The lowest BCUT2D eigenvalue weighted by molar-refractivity contribution is -0.0498. The van der Waals surface area contributed by atoms with Gasteiger partial charge in [0.2, 0.25) is 0 Å². The minimum absolute atomic E-state index is 0.0853. The van der Waals surface area contributed by atoms with Crippen LogP contribution in [0.4, 0.5) is 8.78 Å². The third-order valence-corrected chi connectivity index (χ3v) is 2.24. The van der Waals surface area contributed by atoms with E-state index in [0.717, 1.165) is 12.0 Å². The standard InChI is InChI=1S/C10H10Cl2F2O/c11-3-1-2-7-4-8(12)6-9(5-7)15-10(13)14/h4-6,10H,1-3H2. The Bertz CT molecular complexity index is 318. The second kappa shape index (κ2) is 6.13. The molecule has 15 heavy (non-hydrogen) atoms. The number of rotatable bonds is 5. The first-order valence-corrected chi connectivity index (χ1v) is 5.33. The van der Waals surface area contributed by atoms with E-state index >= 15 is 0 Å². The van der Waals surface area contributed by atoms with Gasteiger partial charge in [-0.2, -0.15) is 8.78 Å². The Morgan fingerprint density at radius 3 is 2.60 bits per heavy atom. The molecule has 0 spiro atoms. The summed E-state index contributed by atoms with van der Waals surface area (Å²) in [7, 11) is 0. The molecule has 0 unspecified atom stereocenters. The summed E-state index contributed by atoms with van der Waals surface area (Å²) >= 11 is 11.3. The molecule has 0 heterocycles. The van der Waals surface area contributed by atoms with Gasteiger partial charge < -0.3 is 4.74 Å². The van der Waals surface area contributed by atoms with Crippen molar-refractivity contribution in [1.82, 2.24) is 0 Å². The first-order valence-electron chi connectivity index (χ1n) is 4.42. The van der Waals surface area contributed by atoms with Crippen molar-refractivity contribution in [1.29, 1.82) is 0 Å². The highest BCUT2D eigenvalue weighted by molar-refractivity contribution is 6.30. The Morgan fingerprint density at radius 1 is 1.27 bits per heavy atom. The minimum Gasteiger partial charge on any atom is -0.435 e. The molecule has 0 aliphatic rings. The van der Waals surface area contributed by atoms with Crippen LogP contribution in [0, 0.1) is 0 Å². The van der Waals surface area contributed by atoms with Crippen molar-refractivity contribution in [3.63, 3.8) is 0 Å². The molecule has 1 aromatic rings. The molecule has 0 atom stereocenters. The number of halogens is 4. The Morgan fingerprint density at radius 2 is 2.00 bits per heavy atom. The van der Waals surface area contributed by atoms with Gasteiger partial charge >= 0.3 is 6.61 Å². The van der Waals surface area contributed by atoms with Gasteiger partial charge in [0.05, 0.1) is 0 Å². The molecular weight excluding hydrogens is 245 g/mol. The Kier molecular flexibility index (Phi) is 5.12. The smallest absolute Gasteiger partial charge is 0.387 e. The fraction of sp³-hybridized carbons (Fsp3) is 0.400. The summed E-state index contributed by atoms with van der Waals surface area (Å²) in [6.45, 7) is -2.83. The fourth-order valence-corrected chi connectivity index (χ4v) is 1.59. The van der Waals surface area contributed by atoms with Gasteiger partial charge in [0.1, 0.15) is 5.75 Å². The van der Waals surface area contributed by atoms with Gasteiger partial charge in [-0.1, -0.05) is 11.6 Å². The van der Waals surface area contributed by atoms with E-state index in [4.69, 9.17) is 23.2 Å². The molecule has 0 radical (unpaired) electrons. The summed E-state index contributed by atoms with van der Waals surface area (Å²) in [5.41, 5.74) is 0.846. The number of benzene rings is 1. The SMILES string of the molecule is FC(F)Oc1cc(Cl)cc(CCCCl)c1. The molecule has 0 amide bonds. The van der Waals surface area contributed by atoms with Crippen molar-refractivity contribution in [3.05, 3.63) is 28.8 Å². The highest BCUT2D eigenvalue weighted by Gasteiger charge is 2.06. The quantitative estimate of drug-likeness (QED) is 0.719. The van der Waals surface area contributed by atoms with Crippen molar-refractivity contribution in [2.45, 2.75) is 19.5 Å². The molecule has 0 aliphatic heterocycles. The van der Waals surface area contributed by atoms with Crippen LogP contribution >= 0.6 is 23.2 Å². The van der Waals surface area contributed by atoms with E-state index < -0.39 is 6.61 Å². The normalized spacial score (nSPS) is 10.7. The van der Waals surface area contributed by atoms with Crippen LogP contribution in [0.1, 0.15) is 12.0 Å². The van der Waals surface area contributed by atoms with Crippen LogP contribution in [0.2, 0.25) is 5.02 Å². The average molecular weight is 255 g/mol. The van der Waals surface area contributed by atoms with Gasteiger partial charge in [-0.25, -0.2) is 0 Å². The summed E-state index contributed by atoms with van der Waals surface area (Å²) < 4.78 is 28.2. The third kappa shape index (κ3) is 4.67. The van der Waals surface area contributed by atoms with Crippen LogP contribution in [0.3, 0.4) is 0 Å². The van der Waals surface area contributed by atoms with Crippen molar-refractivity contribution in [2.24, 2.45) is 0 Å². The molecule has 0 saturated carbocycles. The molecule has 0 N–H and O–H groups in total. The van der Waals surface area contributed by atoms with Crippen molar-refractivity contribution in [3.8, 4) is 5.75 Å². The van der Waals surface area contributed by atoms with Crippen LogP contribution in [-0.2, 0) is 6.42 Å². The Balaban J connectivity index is 2.75. The molecule has 0 bridgehead atoms. The van der Waals surface area contributed by atoms with E-state index in [-0.39, 0.29) is 5.75 Å². The van der Waals surface area contributed by atoms with Crippen LogP contribution in [-0.4, -0.2) is 12.5 Å². The van der Waals surface area contributed by atoms with Crippen LogP contribution in [0.5, 0.6) is 5.75 Å². The maximum atomic E-state index is 11.9. The predicted molar refractivity (Wildman–Crippen MR) is 57.1 cm³/mol. The molecule has 1 nitrogen and oxygen atoms in total. The van der Waals surface area contributed by atoms with E-state index in [1.165, 1.54) is 6.07 Å². The highest BCUT2D eigenvalue weighted by atomic mass is 35.5. The zero-order chi connectivity index (χ0) is 11.3. The summed E-state index contributed by atoms with van der Waals surface area (Å²) in [4.78, 5) is 0. The summed E-state index contributed by atoms with van der Waals surface area (Å²) in [5.74, 6) is 0.611. The monoisotopic (exact) mass is 254 g/mol. The molecular formula is C10H10Cl2F2O. The molecule has 0 fully saturated rings. The summed E-state index contributed by atoms with van der Waals surface area (Å²) in [6.07, 6.45) is 1.47. The van der Waals surface area contributed by atoms with Crippen molar-refractivity contribution >= 4 is 23.2 Å². The second-order valence-corrected chi connectivity index (χ2v) is 3.78. The van der Waals surface area contributed by atoms with E-state index in [1.807, 2.05) is 0 Å². The molecule has 1 aromatic carbocycles. The van der Waals surface area contributed by atoms with Gasteiger partial charge in [0, 0.05) is 10.9 Å². The van der Waals surface area contributed by atoms with Gasteiger partial charge in [-0.15, -0.1) is 11.6 Å². The van der Waals surface area contributed by atoms with Crippen LogP contribution < -0.4 is 4.74 Å². The maximum absolute atomic E-state index is 11.9. The molecule has 0 aliphatic carbocycles. The van der Waals surface area contributed by atoms with Crippen molar-refractivity contribution in [2.75, 3.05) is 5.88 Å². The number of ether oxygens (including phenoxy) is 1. The van der Waals surface area contributed by atoms with E-state index in [2.05, 4.69) is 4.74 Å². The third-order valence-electron chi connectivity index (χ3n) is 1.76. The zero-order valence-electron chi connectivity index (χ0n) is 7.85. The molecule has 0 saturated heterocycles. The second-order valence-electron chi connectivity index (χ2n) is 2.97. The number of aryl methyl sites for hydroxylation is 1. The van der Waals surface area contributed by atoms with Gasteiger partial charge in [-0.3, -0.25) is 0 Å². The molecule has 0 aromatic heterocycles. The average Bonchev–Trinajstić information content (AvgIpc) is 2.12. The maximum Gasteiger partial charge on any atom is 0.387 e. The topological polar surface area (TPSA) is 9.23 Å². The number of alkyl halides is 3. The molecule has 5 heteroatoms. The summed E-state index contributed by atoms with van der Waals surface area (Å²) in [6, 6.07) is 4.62.